The topological polar surface area (TPSA) is 110 Å². The van der Waals surface area contributed by atoms with Gasteiger partial charge in [0.2, 0.25) is 5.95 Å². The number of hydrogen-bond donors (Lipinski definition) is 1. The molecule has 12 heteroatoms. The molecule has 3 heterocycles. The van der Waals surface area contributed by atoms with Crippen LogP contribution in [0.2, 0.25) is 23.3 Å². The number of hydrogen-bond acceptors (Lipinski definition) is 8. The molecule has 2 aliphatic rings. The Morgan fingerprint density at radius 3 is 2.58 bits per heavy atom. The van der Waals surface area contributed by atoms with Crippen molar-refractivity contribution in [1.82, 2.24) is 19.5 Å². The van der Waals surface area contributed by atoms with Crippen LogP contribution in [-0.4, -0.2) is 65.1 Å². The lowest BCUT2D eigenvalue weighted by atomic mass is 10.0. The maximum absolute atomic E-state index is 12.4. The van der Waals surface area contributed by atoms with Crippen LogP contribution in [0.15, 0.2) is 18.5 Å². The predicted molar refractivity (Wildman–Crippen MR) is 158 cm³/mol. The molecule has 0 bridgehead atoms. The molecule has 4 rings (SSSR count). The number of nitrogens with zero attached hydrogens (tertiary/aromatic N) is 4. The third-order valence-electron chi connectivity index (χ3n) is 8.03. The zero-order valence-corrected chi connectivity index (χ0v) is 26.8. The summed E-state index contributed by atoms with van der Waals surface area (Å²) in [7, 11) is -2.00. The van der Waals surface area contributed by atoms with Gasteiger partial charge >= 0.3 is 6.09 Å². The Morgan fingerprint density at radius 1 is 1.23 bits per heavy atom. The zero-order valence-electron chi connectivity index (χ0n) is 25.0. The molecule has 1 unspecified atom stereocenters. The monoisotopic (exact) mass is 593 g/mol. The first-order chi connectivity index (χ1) is 18.6. The lowest BCUT2D eigenvalue weighted by Crippen LogP contribution is -2.43. The number of rotatable bonds is 7. The lowest BCUT2D eigenvalue weighted by molar-refractivity contribution is -0.195. The number of carbonyl (C=O) groups is 1. The van der Waals surface area contributed by atoms with Crippen LogP contribution in [0.5, 0.6) is 0 Å². The van der Waals surface area contributed by atoms with Gasteiger partial charge < -0.3 is 23.2 Å². The number of imidazole rings is 1. The quantitative estimate of drug-likeness (QED) is 0.210. The number of aromatic nitrogens is 4. The van der Waals surface area contributed by atoms with Crippen molar-refractivity contribution in [3.8, 4) is 0 Å². The summed E-state index contributed by atoms with van der Waals surface area (Å²) in [4.78, 5) is 25.7. The van der Waals surface area contributed by atoms with E-state index in [2.05, 4.69) is 60.7 Å². The van der Waals surface area contributed by atoms with Crippen molar-refractivity contribution in [3.63, 3.8) is 0 Å². The standard InChI is InChI=1S/C28H44ClN5O5Si/c1-17-18(15-37-40(8,9)28(5,6)7)20(38-21-12-10-11-13-36-21)14-19(17)34-16-30-22-23(29)31-25(32-24(22)34)33-26(35)39-27(2,3)4/h16,18-21H,1,10-15H2,2-9H3,(H,31,32,33,35)/t18-,19-,20-,21?/m0/s1. The molecule has 0 aromatic carbocycles. The lowest BCUT2D eigenvalue weighted by Gasteiger charge is -2.38. The van der Waals surface area contributed by atoms with Crippen molar-refractivity contribution in [2.45, 2.75) is 109 Å². The summed E-state index contributed by atoms with van der Waals surface area (Å²) in [5, 5.41) is 2.81. The van der Waals surface area contributed by atoms with Crippen LogP contribution >= 0.6 is 11.6 Å². The van der Waals surface area contributed by atoms with Gasteiger partial charge in [0, 0.05) is 19.1 Å². The van der Waals surface area contributed by atoms with Gasteiger partial charge in [0.25, 0.3) is 0 Å². The maximum Gasteiger partial charge on any atom is 0.414 e. The van der Waals surface area contributed by atoms with Crippen LogP contribution in [0.3, 0.4) is 0 Å². The minimum atomic E-state index is -2.00. The molecule has 1 N–H and O–H groups in total. The van der Waals surface area contributed by atoms with Crippen LogP contribution in [0.25, 0.3) is 11.2 Å². The van der Waals surface area contributed by atoms with Crippen LogP contribution in [0.1, 0.15) is 73.3 Å². The molecule has 2 fully saturated rings. The van der Waals surface area contributed by atoms with E-state index in [9.17, 15) is 4.79 Å². The second-order valence-electron chi connectivity index (χ2n) is 13.3. The highest BCUT2D eigenvalue weighted by Crippen LogP contribution is 2.45. The highest BCUT2D eigenvalue weighted by Gasteiger charge is 2.44. The second-order valence-corrected chi connectivity index (χ2v) is 18.4. The molecule has 2 aromatic rings. The molecule has 2 aromatic heterocycles. The Labute approximate surface area is 243 Å². The predicted octanol–water partition coefficient (Wildman–Crippen LogP) is 6.88. The van der Waals surface area contributed by atoms with E-state index in [0.717, 1.165) is 24.8 Å². The Morgan fingerprint density at radius 2 is 1.95 bits per heavy atom. The van der Waals surface area contributed by atoms with Crippen molar-refractivity contribution in [3.05, 3.63) is 23.6 Å². The van der Waals surface area contributed by atoms with Crippen LogP contribution in [0.4, 0.5) is 10.7 Å². The Hall–Kier alpha value is -2.05. The highest BCUT2D eigenvalue weighted by atomic mass is 35.5. The molecule has 1 saturated carbocycles. The van der Waals surface area contributed by atoms with Crippen molar-refractivity contribution in [1.29, 1.82) is 0 Å². The third-order valence-corrected chi connectivity index (χ3v) is 12.8. The average Bonchev–Trinajstić information content (AvgIpc) is 3.37. The summed E-state index contributed by atoms with van der Waals surface area (Å²) in [5.74, 6) is 0.0112. The van der Waals surface area contributed by atoms with Crippen molar-refractivity contribution < 1.29 is 23.4 Å². The van der Waals surface area contributed by atoms with Gasteiger partial charge in [0.1, 0.15) is 11.1 Å². The van der Waals surface area contributed by atoms with E-state index in [-0.39, 0.29) is 40.5 Å². The molecule has 1 aliphatic heterocycles. The second kappa shape index (κ2) is 11.7. The van der Waals surface area contributed by atoms with E-state index in [0.29, 0.717) is 30.8 Å². The zero-order chi connectivity index (χ0) is 29.5. The van der Waals surface area contributed by atoms with Gasteiger partial charge in [0.05, 0.1) is 18.5 Å². The number of nitrogens with one attached hydrogen (secondary N) is 1. The van der Waals surface area contributed by atoms with Gasteiger partial charge in [0.15, 0.2) is 25.4 Å². The molecule has 1 amide bonds. The molecule has 222 valence electrons. The first-order valence-corrected chi connectivity index (χ1v) is 17.3. The van der Waals surface area contributed by atoms with Crippen molar-refractivity contribution in [2.24, 2.45) is 5.92 Å². The van der Waals surface area contributed by atoms with Crippen LogP contribution in [-0.2, 0) is 18.6 Å². The molecular formula is C28H44ClN5O5Si. The first-order valence-electron chi connectivity index (χ1n) is 14.1. The van der Waals surface area contributed by atoms with Gasteiger partial charge in [-0.05, 0) is 70.2 Å². The van der Waals surface area contributed by atoms with E-state index in [4.69, 9.17) is 30.2 Å². The Bertz CT molecular complexity index is 1230. The van der Waals surface area contributed by atoms with Gasteiger partial charge in [-0.25, -0.2) is 9.78 Å². The number of amides is 1. The van der Waals surface area contributed by atoms with Gasteiger partial charge in [-0.3, -0.25) is 5.32 Å². The smallest absolute Gasteiger partial charge is 0.414 e. The van der Waals surface area contributed by atoms with Gasteiger partial charge in [-0.15, -0.1) is 0 Å². The normalized spacial score (nSPS) is 24.5. The molecule has 4 atom stereocenters. The maximum atomic E-state index is 12.4. The fourth-order valence-corrected chi connectivity index (χ4v) is 6.01. The minimum absolute atomic E-state index is 0.0289. The number of fused-ring (bicyclic) bond motifs is 1. The van der Waals surface area contributed by atoms with Crippen LogP contribution < -0.4 is 5.32 Å². The molecular weight excluding hydrogens is 550 g/mol. The van der Waals surface area contributed by atoms with E-state index in [1.165, 1.54) is 0 Å². The molecule has 0 spiro atoms. The SMILES string of the molecule is C=C1[C@H](CO[Si](C)(C)C(C)(C)C)[C@@H](OC2CCCCO2)C[C@@H]1n1cnc2c(Cl)nc(NC(=O)OC(C)(C)C)nc21. The summed E-state index contributed by atoms with van der Waals surface area (Å²) in [6.45, 7) is 22.3. The summed E-state index contributed by atoms with van der Waals surface area (Å²) in [6, 6.07) is -0.160. The van der Waals surface area contributed by atoms with Gasteiger partial charge in [-0.1, -0.05) is 39.0 Å². The average molecular weight is 594 g/mol. The highest BCUT2D eigenvalue weighted by molar-refractivity contribution is 6.74. The number of anilines is 1. The van der Waals surface area contributed by atoms with Crippen LogP contribution in [0, 0.1) is 5.92 Å². The van der Waals surface area contributed by atoms with Crippen molar-refractivity contribution >= 4 is 43.1 Å². The number of halogens is 1. The largest absolute Gasteiger partial charge is 0.444 e. The molecule has 40 heavy (non-hydrogen) atoms. The minimum Gasteiger partial charge on any atom is -0.444 e. The number of ether oxygens (including phenoxy) is 3. The fourth-order valence-electron chi connectivity index (χ4n) is 4.77. The number of carbonyl (C=O) groups excluding carboxylic acids is 1. The molecule has 1 aliphatic carbocycles. The molecule has 1 saturated heterocycles. The Balaban J connectivity index is 1.62. The first kappa shape index (κ1) is 30.9. The molecule has 10 nitrogen and oxygen atoms in total. The summed E-state index contributed by atoms with van der Waals surface area (Å²) in [5.41, 5.74) is 1.25. The van der Waals surface area contributed by atoms with E-state index < -0.39 is 20.0 Å². The van der Waals surface area contributed by atoms with Gasteiger partial charge in [-0.2, -0.15) is 9.97 Å². The van der Waals surface area contributed by atoms with E-state index in [1.807, 2.05) is 4.57 Å². The molecule has 0 radical (unpaired) electrons. The summed E-state index contributed by atoms with van der Waals surface area (Å²) < 4.78 is 26.4. The van der Waals surface area contributed by atoms with E-state index >= 15 is 0 Å². The fraction of sp³-hybridized carbons (Fsp3) is 0.714. The van der Waals surface area contributed by atoms with E-state index in [1.54, 1.807) is 27.1 Å². The summed E-state index contributed by atoms with van der Waals surface area (Å²) in [6.07, 6.45) is 4.33. The third kappa shape index (κ3) is 7.04. The summed E-state index contributed by atoms with van der Waals surface area (Å²) >= 11 is 6.47. The van der Waals surface area contributed by atoms with Crippen molar-refractivity contribution in [2.75, 3.05) is 18.5 Å². The Kier molecular flexibility index (Phi) is 9.02.